The average Bonchev–Trinajstić information content (AvgIpc) is 2.75. The van der Waals surface area contributed by atoms with E-state index in [-0.39, 0.29) is 10.8 Å². The molecule has 0 saturated carbocycles. The van der Waals surface area contributed by atoms with Crippen LogP contribution in [0.4, 0.5) is 11.4 Å². The second-order valence-corrected chi connectivity index (χ2v) is 8.10. The fourth-order valence-electron chi connectivity index (χ4n) is 2.59. The van der Waals surface area contributed by atoms with E-state index in [0.29, 0.717) is 22.9 Å². The Kier molecular flexibility index (Phi) is 6.58. The fraction of sp³-hybridized carbons (Fsp3) is 0.136. The van der Waals surface area contributed by atoms with Crippen LogP contribution in [0, 0.1) is 0 Å². The van der Waals surface area contributed by atoms with Crippen LogP contribution >= 0.6 is 0 Å². The van der Waals surface area contributed by atoms with E-state index < -0.39 is 16.1 Å². The molecule has 2 N–H and O–H groups in total. The molecule has 0 spiro atoms. The molecule has 0 saturated heterocycles. The predicted molar refractivity (Wildman–Crippen MR) is 115 cm³/mol. The number of anilines is 2. The monoisotopic (exact) mass is 426 g/mol. The zero-order valence-corrected chi connectivity index (χ0v) is 17.3. The highest BCUT2D eigenvalue weighted by atomic mass is 32.2. The molecular weight excluding hydrogens is 404 g/mol. The minimum absolute atomic E-state index is 0.0740. The Morgan fingerprint density at radius 1 is 0.833 bits per heavy atom. The standard InChI is InChI=1S/C22H22N2O5S/c1-16(29-20-6-4-3-5-7-20)22(25)23-17-10-14-21(15-11-17)30(26,27)24-18-8-12-19(28-2)13-9-18/h3-16,24H,1-2H3,(H,23,25)/t16-/m1/s1. The van der Waals surface area contributed by atoms with Gasteiger partial charge in [-0.2, -0.15) is 0 Å². The third kappa shape index (κ3) is 5.51. The van der Waals surface area contributed by atoms with E-state index in [1.807, 2.05) is 18.2 Å². The topological polar surface area (TPSA) is 93.7 Å². The molecule has 0 fully saturated rings. The van der Waals surface area contributed by atoms with Crippen LogP contribution in [-0.4, -0.2) is 27.5 Å². The summed E-state index contributed by atoms with van der Waals surface area (Å²) in [5.74, 6) is 0.875. The Morgan fingerprint density at radius 3 is 2.03 bits per heavy atom. The average molecular weight is 426 g/mol. The van der Waals surface area contributed by atoms with Gasteiger partial charge in [-0.15, -0.1) is 0 Å². The number of sulfonamides is 1. The molecule has 156 valence electrons. The van der Waals surface area contributed by atoms with Crippen LogP contribution in [0.3, 0.4) is 0 Å². The fourth-order valence-corrected chi connectivity index (χ4v) is 3.65. The highest BCUT2D eigenvalue weighted by Crippen LogP contribution is 2.21. The molecule has 1 amide bonds. The lowest BCUT2D eigenvalue weighted by molar-refractivity contribution is -0.122. The number of ether oxygens (including phenoxy) is 2. The number of nitrogens with one attached hydrogen (secondary N) is 2. The van der Waals surface area contributed by atoms with Gasteiger partial charge in [-0.3, -0.25) is 9.52 Å². The molecule has 0 aliphatic rings. The molecule has 0 unspecified atom stereocenters. The van der Waals surface area contributed by atoms with Crippen LogP contribution in [0.2, 0.25) is 0 Å². The number of methoxy groups -OCH3 is 1. The van der Waals surface area contributed by atoms with E-state index in [1.165, 1.54) is 31.4 Å². The Hall–Kier alpha value is -3.52. The summed E-state index contributed by atoms with van der Waals surface area (Å²) >= 11 is 0. The maximum Gasteiger partial charge on any atom is 0.265 e. The van der Waals surface area contributed by atoms with Crippen molar-refractivity contribution in [2.45, 2.75) is 17.9 Å². The van der Waals surface area contributed by atoms with Crippen molar-refractivity contribution in [2.24, 2.45) is 0 Å². The van der Waals surface area contributed by atoms with E-state index in [9.17, 15) is 13.2 Å². The summed E-state index contributed by atoms with van der Waals surface area (Å²) in [5.41, 5.74) is 0.881. The first-order valence-electron chi connectivity index (χ1n) is 9.17. The number of benzene rings is 3. The molecule has 0 heterocycles. The predicted octanol–water partition coefficient (Wildman–Crippen LogP) is 3.90. The third-order valence-electron chi connectivity index (χ3n) is 4.20. The van der Waals surface area contributed by atoms with E-state index in [1.54, 1.807) is 43.3 Å². The lowest BCUT2D eigenvalue weighted by Gasteiger charge is -2.15. The number of rotatable bonds is 8. The zero-order valence-electron chi connectivity index (χ0n) is 16.5. The van der Waals surface area contributed by atoms with Gasteiger partial charge < -0.3 is 14.8 Å². The summed E-state index contributed by atoms with van der Waals surface area (Å²) < 4.78 is 38.2. The normalized spacial score (nSPS) is 11.9. The van der Waals surface area contributed by atoms with Gasteiger partial charge in [0, 0.05) is 11.4 Å². The molecule has 1 atom stereocenters. The van der Waals surface area contributed by atoms with E-state index in [4.69, 9.17) is 9.47 Å². The highest BCUT2D eigenvalue weighted by molar-refractivity contribution is 7.92. The van der Waals surface area contributed by atoms with Crippen molar-refractivity contribution < 1.29 is 22.7 Å². The number of carbonyl (C=O) groups excluding carboxylic acids is 1. The second kappa shape index (κ2) is 9.32. The van der Waals surface area contributed by atoms with E-state index in [0.717, 1.165) is 0 Å². The summed E-state index contributed by atoms with van der Waals surface area (Å²) in [6, 6.07) is 21.5. The van der Waals surface area contributed by atoms with Crippen LogP contribution in [0.5, 0.6) is 11.5 Å². The summed E-state index contributed by atoms with van der Waals surface area (Å²) in [5, 5.41) is 2.71. The van der Waals surface area contributed by atoms with Crippen LogP contribution in [0.15, 0.2) is 83.8 Å². The first-order valence-corrected chi connectivity index (χ1v) is 10.7. The number of hydrogen-bond acceptors (Lipinski definition) is 5. The minimum atomic E-state index is -3.76. The Bertz CT molecular complexity index is 1080. The van der Waals surface area contributed by atoms with Crippen molar-refractivity contribution in [3.8, 4) is 11.5 Å². The first-order chi connectivity index (χ1) is 14.4. The molecule has 0 bridgehead atoms. The van der Waals surface area contributed by atoms with Gasteiger partial charge in [0.25, 0.3) is 15.9 Å². The smallest absolute Gasteiger partial charge is 0.265 e. The molecule has 0 aliphatic carbocycles. The van der Waals surface area contributed by atoms with Crippen LogP contribution in [-0.2, 0) is 14.8 Å². The van der Waals surface area contributed by atoms with Crippen molar-refractivity contribution in [3.05, 3.63) is 78.9 Å². The van der Waals surface area contributed by atoms with Gasteiger partial charge in [-0.05, 0) is 67.6 Å². The number of hydrogen-bond donors (Lipinski definition) is 2. The maximum atomic E-state index is 12.6. The molecule has 0 aromatic heterocycles. The van der Waals surface area contributed by atoms with Crippen LogP contribution in [0.25, 0.3) is 0 Å². The van der Waals surface area contributed by atoms with Gasteiger partial charge in [-0.1, -0.05) is 18.2 Å². The number of para-hydroxylation sites is 1. The number of carbonyl (C=O) groups is 1. The van der Waals surface area contributed by atoms with Gasteiger partial charge in [0.1, 0.15) is 11.5 Å². The molecule has 3 rings (SSSR count). The van der Waals surface area contributed by atoms with Gasteiger partial charge in [-0.25, -0.2) is 8.42 Å². The summed E-state index contributed by atoms with van der Waals surface area (Å²) in [6.07, 6.45) is -0.715. The largest absolute Gasteiger partial charge is 0.497 e. The second-order valence-electron chi connectivity index (χ2n) is 6.42. The molecule has 3 aromatic carbocycles. The summed E-state index contributed by atoms with van der Waals surface area (Å²) in [6.45, 7) is 1.64. The molecular formula is C22H22N2O5S. The Balaban J connectivity index is 1.62. The van der Waals surface area contributed by atoms with Crippen LogP contribution < -0.4 is 19.5 Å². The highest BCUT2D eigenvalue weighted by Gasteiger charge is 2.17. The summed E-state index contributed by atoms with van der Waals surface area (Å²) in [4.78, 5) is 12.4. The van der Waals surface area contributed by atoms with Crippen molar-refractivity contribution in [1.82, 2.24) is 0 Å². The van der Waals surface area contributed by atoms with Crippen molar-refractivity contribution in [3.63, 3.8) is 0 Å². The van der Waals surface area contributed by atoms with Gasteiger partial charge >= 0.3 is 0 Å². The van der Waals surface area contributed by atoms with E-state index >= 15 is 0 Å². The van der Waals surface area contributed by atoms with Gasteiger partial charge in [0.2, 0.25) is 0 Å². The lowest BCUT2D eigenvalue weighted by Crippen LogP contribution is -2.30. The van der Waals surface area contributed by atoms with Crippen LogP contribution in [0.1, 0.15) is 6.92 Å². The minimum Gasteiger partial charge on any atom is -0.497 e. The molecule has 30 heavy (non-hydrogen) atoms. The molecule has 8 heteroatoms. The quantitative estimate of drug-likeness (QED) is 0.570. The Labute approximate surface area is 175 Å². The molecule has 3 aromatic rings. The van der Waals surface area contributed by atoms with Crippen molar-refractivity contribution >= 4 is 27.3 Å². The number of amides is 1. The zero-order chi connectivity index (χ0) is 21.6. The van der Waals surface area contributed by atoms with Gasteiger partial charge in [0.05, 0.1) is 12.0 Å². The van der Waals surface area contributed by atoms with Gasteiger partial charge in [0.15, 0.2) is 6.10 Å². The van der Waals surface area contributed by atoms with E-state index in [2.05, 4.69) is 10.0 Å². The third-order valence-corrected chi connectivity index (χ3v) is 5.60. The SMILES string of the molecule is COc1ccc(NS(=O)(=O)c2ccc(NC(=O)[C@@H](C)Oc3ccccc3)cc2)cc1. The van der Waals surface area contributed by atoms with Crippen molar-refractivity contribution in [2.75, 3.05) is 17.1 Å². The lowest BCUT2D eigenvalue weighted by atomic mass is 10.3. The maximum absolute atomic E-state index is 12.6. The first kappa shape index (κ1) is 21.2. The molecule has 0 aliphatic heterocycles. The summed E-state index contributed by atoms with van der Waals surface area (Å²) in [7, 11) is -2.23. The Morgan fingerprint density at radius 2 is 1.43 bits per heavy atom. The molecule has 0 radical (unpaired) electrons. The molecule has 7 nitrogen and oxygen atoms in total. The van der Waals surface area contributed by atoms with Crippen molar-refractivity contribution in [1.29, 1.82) is 0 Å².